The zero-order valence-corrected chi connectivity index (χ0v) is 7.44. The smallest absolute Gasteiger partial charge is 0.135 e. The highest BCUT2D eigenvalue weighted by atomic mass is 15.1. The van der Waals surface area contributed by atoms with Gasteiger partial charge >= 0.3 is 0 Å². The number of hydrogen-bond acceptors (Lipinski definition) is 2. The van der Waals surface area contributed by atoms with Gasteiger partial charge in [-0.1, -0.05) is 24.3 Å². The first kappa shape index (κ1) is 7.88. The Kier molecular flexibility index (Phi) is 1.79. The topological polar surface area (TPSA) is 27.0 Å². The van der Waals surface area contributed by atoms with E-state index in [0.717, 1.165) is 5.69 Å². The first-order valence-electron chi connectivity index (χ1n) is 4.22. The average molecular weight is 170 g/mol. The highest BCUT2D eigenvalue weighted by molar-refractivity contribution is 5.72. The molecule has 1 atom stereocenters. The predicted octanol–water partition coefficient (Wildman–Crippen LogP) is 2.04. The van der Waals surface area contributed by atoms with E-state index in [1.807, 2.05) is 42.3 Å². The van der Waals surface area contributed by atoms with E-state index in [1.165, 1.54) is 5.56 Å². The summed E-state index contributed by atoms with van der Waals surface area (Å²) < 4.78 is 0. The van der Waals surface area contributed by atoms with Crippen LogP contribution >= 0.6 is 0 Å². The molecule has 0 N–H and O–H groups in total. The largest absolute Gasteiger partial charge is 0.355 e. The summed E-state index contributed by atoms with van der Waals surface area (Å²) in [6.07, 6.45) is 3.92. The van der Waals surface area contributed by atoms with E-state index >= 15 is 0 Å². The van der Waals surface area contributed by atoms with Gasteiger partial charge < -0.3 is 4.90 Å². The van der Waals surface area contributed by atoms with Gasteiger partial charge in [-0.05, 0) is 17.7 Å². The van der Waals surface area contributed by atoms with E-state index in [4.69, 9.17) is 5.26 Å². The molecule has 2 nitrogen and oxygen atoms in total. The molecule has 0 aromatic heterocycles. The van der Waals surface area contributed by atoms with Crippen molar-refractivity contribution < 1.29 is 0 Å². The Bertz CT molecular complexity index is 387. The van der Waals surface area contributed by atoms with Gasteiger partial charge in [0.25, 0.3) is 0 Å². The lowest BCUT2D eigenvalue weighted by Gasteiger charge is -2.27. The van der Waals surface area contributed by atoms with Crippen LogP contribution in [-0.4, -0.2) is 13.1 Å². The summed E-state index contributed by atoms with van der Waals surface area (Å²) in [5, 5.41) is 8.84. The molecule has 13 heavy (non-hydrogen) atoms. The third-order valence-electron chi connectivity index (χ3n) is 2.32. The van der Waals surface area contributed by atoms with Crippen LogP contribution in [0, 0.1) is 11.3 Å². The van der Waals surface area contributed by atoms with Crippen LogP contribution in [0.2, 0.25) is 0 Å². The summed E-state index contributed by atoms with van der Waals surface area (Å²) >= 11 is 0. The minimum absolute atomic E-state index is 0.130. The van der Waals surface area contributed by atoms with E-state index in [1.54, 1.807) is 0 Å². The number of hydrogen-bond donors (Lipinski definition) is 0. The summed E-state index contributed by atoms with van der Waals surface area (Å²) in [6, 6.07) is 10.2. The Labute approximate surface area is 77.7 Å². The molecule has 1 aliphatic heterocycles. The highest BCUT2D eigenvalue weighted by Gasteiger charge is 2.17. The first-order valence-corrected chi connectivity index (χ1v) is 4.22. The lowest BCUT2D eigenvalue weighted by Crippen LogP contribution is -2.30. The van der Waals surface area contributed by atoms with Gasteiger partial charge in [0.2, 0.25) is 0 Å². The molecule has 0 spiro atoms. The fourth-order valence-corrected chi connectivity index (χ4v) is 1.55. The summed E-state index contributed by atoms with van der Waals surface area (Å²) in [5.74, 6) is 0. The molecule has 0 aliphatic carbocycles. The zero-order valence-electron chi connectivity index (χ0n) is 7.44. The van der Waals surface area contributed by atoms with Crippen LogP contribution in [0.1, 0.15) is 5.56 Å². The van der Waals surface area contributed by atoms with E-state index < -0.39 is 0 Å². The van der Waals surface area contributed by atoms with Crippen LogP contribution in [0.5, 0.6) is 0 Å². The number of nitriles is 1. The summed E-state index contributed by atoms with van der Waals surface area (Å²) in [4.78, 5) is 1.98. The molecule has 0 saturated carbocycles. The number of fused-ring (bicyclic) bond motifs is 1. The van der Waals surface area contributed by atoms with Gasteiger partial charge in [-0.25, -0.2) is 0 Å². The fourth-order valence-electron chi connectivity index (χ4n) is 1.55. The molecule has 0 radical (unpaired) electrons. The van der Waals surface area contributed by atoms with E-state index in [0.29, 0.717) is 0 Å². The molecule has 64 valence electrons. The summed E-state index contributed by atoms with van der Waals surface area (Å²) in [7, 11) is 1.94. The Morgan fingerprint density at radius 2 is 2.15 bits per heavy atom. The normalized spacial score (nSPS) is 19.4. The van der Waals surface area contributed by atoms with Crippen molar-refractivity contribution in [2.24, 2.45) is 0 Å². The van der Waals surface area contributed by atoms with E-state index in [-0.39, 0.29) is 6.04 Å². The lowest BCUT2D eigenvalue weighted by molar-refractivity contribution is 0.896. The van der Waals surface area contributed by atoms with E-state index in [2.05, 4.69) is 12.1 Å². The van der Waals surface area contributed by atoms with Crippen molar-refractivity contribution in [2.45, 2.75) is 6.04 Å². The van der Waals surface area contributed by atoms with Gasteiger partial charge in [0.1, 0.15) is 6.04 Å². The molecule has 1 unspecified atom stereocenters. The van der Waals surface area contributed by atoms with Gasteiger partial charge in [0.15, 0.2) is 0 Å². The van der Waals surface area contributed by atoms with Gasteiger partial charge in [-0.3, -0.25) is 0 Å². The van der Waals surface area contributed by atoms with Crippen molar-refractivity contribution in [1.82, 2.24) is 0 Å². The molecule has 0 saturated heterocycles. The molecule has 2 heteroatoms. The second kappa shape index (κ2) is 2.95. The predicted molar refractivity (Wildman–Crippen MR) is 53.3 cm³/mol. The Morgan fingerprint density at radius 1 is 1.38 bits per heavy atom. The van der Waals surface area contributed by atoms with Crippen molar-refractivity contribution in [2.75, 3.05) is 11.9 Å². The van der Waals surface area contributed by atoms with Crippen molar-refractivity contribution in [1.29, 1.82) is 5.26 Å². The van der Waals surface area contributed by atoms with Crippen LogP contribution < -0.4 is 4.90 Å². The number of benzene rings is 1. The monoisotopic (exact) mass is 170 g/mol. The van der Waals surface area contributed by atoms with Crippen LogP contribution in [0.15, 0.2) is 30.3 Å². The number of rotatable bonds is 0. The fraction of sp³-hybridized carbons (Fsp3) is 0.182. The standard InChI is InChI=1S/C11H10N2/c1-13-10(8-12)7-6-9-4-2-3-5-11(9)13/h2-7,10H,1H3. The third-order valence-corrected chi connectivity index (χ3v) is 2.32. The molecule has 0 fully saturated rings. The lowest BCUT2D eigenvalue weighted by atomic mass is 10.0. The third kappa shape index (κ3) is 1.19. The Hall–Kier alpha value is -1.75. The van der Waals surface area contributed by atoms with Crippen LogP contribution in [-0.2, 0) is 0 Å². The Morgan fingerprint density at radius 3 is 2.92 bits per heavy atom. The zero-order chi connectivity index (χ0) is 9.26. The Balaban J connectivity index is 2.49. The molecule has 1 aromatic rings. The molecule has 2 rings (SSSR count). The highest BCUT2D eigenvalue weighted by Crippen LogP contribution is 2.26. The minimum Gasteiger partial charge on any atom is -0.355 e. The van der Waals surface area contributed by atoms with Crippen LogP contribution in [0.4, 0.5) is 5.69 Å². The van der Waals surface area contributed by atoms with Crippen molar-refractivity contribution in [3.8, 4) is 6.07 Å². The molecule has 1 aliphatic rings. The summed E-state index contributed by atoms with van der Waals surface area (Å²) in [6.45, 7) is 0. The second-order valence-corrected chi connectivity index (χ2v) is 3.10. The van der Waals surface area contributed by atoms with Crippen molar-refractivity contribution in [3.05, 3.63) is 35.9 Å². The average Bonchev–Trinajstić information content (AvgIpc) is 2.19. The van der Waals surface area contributed by atoms with Gasteiger partial charge in [-0.15, -0.1) is 0 Å². The molecule has 1 heterocycles. The molecule has 1 aromatic carbocycles. The maximum absolute atomic E-state index is 8.84. The maximum atomic E-state index is 8.84. The minimum atomic E-state index is -0.130. The van der Waals surface area contributed by atoms with Gasteiger partial charge in [0.05, 0.1) is 6.07 Å². The summed E-state index contributed by atoms with van der Waals surface area (Å²) in [5.41, 5.74) is 2.30. The first-order chi connectivity index (χ1) is 6.33. The van der Waals surface area contributed by atoms with Gasteiger partial charge in [0, 0.05) is 12.7 Å². The molecule has 0 amide bonds. The SMILES string of the molecule is CN1c2ccccc2C=CC1C#N. The van der Waals surface area contributed by atoms with E-state index in [9.17, 15) is 0 Å². The van der Waals surface area contributed by atoms with Crippen LogP contribution in [0.3, 0.4) is 0 Å². The van der Waals surface area contributed by atoms with Gasteiger partial charge in [-0.2, -0.15) is 5.26 Å². The quantitative estimate of drug-likeness (QED) is 0.595. The molecular formula is C11H10N2. The second-order valence-electron chi connectivity index (χ2n) is 3.10. The molecule has 0 bridgehead atoms. The van der Waals surface area contributed by atoms with Crippen LogP contribution in [0.25, 0.3) is 6.08 Å². The van der Waals surface area contributed by atoms with Crippen molar-refractivity contribution in [3.63, 3.8) is 0 Å². The van der Waals surface area contributed by atoms with Crippen molar-refractivity contribution >= 4 is 11.8 Å². The maximum Gasteiger partial charge on any atom is 0.135 e. The molecular weight excluding hydrogens is 160 g/mol. The number of para-hydroxylation sites is 1. The number of anilines is 1. The number of nitrogens with zero attached hydrogens (tertiary/aromatic N) is 2. The number of likely N-dealkylation sites (N-methyl/N-ethyl adjacent to an activating group) is 1.